The molecular weight excluding hydrogens is 310 g/mol. The molecule has 0 N–H and O–H groups in total. The molecule has 6 heteroatoms. The molecule has 0 bridgehead atoms. The van der Waals surface area contributed by atoms with E-state index in [1.807, 2.05) is 18.2 Å². The Balaban J connectivity index is 1.89. The zero-order chi connectivity index (χ0) is 15.3. The van der Waals surface area contributed by atoms with Gasteiger partial charge in [-0.25, -0.2) is 8.42 Å². The van der Waals surface area contributed by atoms with Crippen molar-refractivity contribution in [2.24, 2.45) is 0 Å². The second-order valence-electron chi connectivity index (χ2n) is 5.49. The van der Waals surface area contributed by atoms with E-state index in [-0.39, 0.29) is 5.75 Å². The molecule has 0 aromatic heterocycles. The van der Waals surface area contributed by atoms with Gasteiger partial charge in [-0.2, -0.15) is 0 Å². The van der Waals surface area contributed by atoms with Crippen LogP contribution in [0.1, 0.15) is 25.7 Å². The first-order valence-electron chi connectivity index (χ1n) is 7.31. The van der Waals surface area contributed by atoms with Gasteiger partial charge in [0.2, 0.25) is 0 Å². The van der Waals surface area contributed by atoms with E-state index in [9.17, 15) is 8.42 Å². The summed E-state index contributed by atoms with van der Waals surface area (Å²) in [5, 5.41) is 0.692. The van der Waals surface area contributed by atoms with E-state index in [1.165, 1.54) is 25.5 Å². The molecule has 1 heterocycles. The lowest BCUT2D eigenvalue weighted by molar-refractivity contribution is 0.318. The van der Waals surface area contributed by atoms with Crippen LogP contribution in [0.5, 0.6) is 5.75 Å². The van der Waals surface area contributed by atoms with Gasteiger partial charge in [0.1, 0.15) is 15.6 Å². The highest BCUT2D eigenvalue weighted by atomic mass is 35.5. The van der Waals surface area contributed by atoms with Gasteiger partial charge in [0, 0.05) is 25.4 Å². The average Bonchev–Trinajstić information content (AvgIpc) is 2.44. The molecule has 0 aliphatic carbocycles. The number of piperidine rings is 1. The van der Waals surface area contributed by atoms with Gasteiger partial charge in [-0.1, -0.05) is 11.6 Å². The molecule has 1 aliphatic heterocycles. The molecule has 2 rings (SSSR count). The molecule has 0 spiro atoms. The molecule has 0 radical (unpaired) electrons. The number of nitrogens with zero attached hydrogens (tertiary/aromatic N) is 1. The summed E-state index contributed by atoms with van der Waals surface area (Å²) in [6.07, 6.45) is 5.43. The number of hydrogen-bond acceptors (Lipinski definition) is 4. The number of benzene rings is 1. The summed E-state index contributed by atoms with van der Waals surface area (Å²) in [6, 6.07) is 5.70. The Kier molecular flexibility index (Phi) is 5.76. The molecule has 1 aromatic rings. The third-order valence-electron chi connectivity index (χ3n) is 3.54. The zero-order valence-electron chi connectivity index (χ0n) is 12.3. The Labute approximate surface area is 132 Å². The van der Waals surface area contributed by atoms with Crippen LogP contribution in [0.3, 0.4) is 0 Å². The van der Waals surface area contributed by atoms with Crippen LogP contribution in [0.25, 0.3) is 0 Å². The van der Waals surface area contributed by atoms with Crippen LogP contribution in [-0.4, -0.2) is 40.1 Å². The van der Waals surface area contributed by atoms with E-state index >= 15 is 0 Å². The lowest BCUT2D eigenvalue weighted by Crippen LogP contribution is -2.29. The molecule has 0 unspecified atom stereocenters. The quantitative estimate of drug-likeness (QED) is 0.751. The molecule has 4 nitrogen and oxygen atoms in total. The minimum atomic E-state index is -2.92. The first-order chi connectivity index (χ1) is 9.96. The van der Waals surface area contributed by atoms with Crippen LogP contribution < -0.4 is 9.64 Å². The molecule has 0 atom stereocenters. The van der Waals surface area contributed by atoms with Crippen molar-refractivity contribution in [2.75, 3.05) is 36.6 Å². The fourth-order valence-corrected chi connectivity index (χ4v) is 3.41. The third kappa shape index (κ3) is 5.40. The van der Waals surface area contributed by atoms with Gasteiger partial charge in [-0.15, -0.1) is 0 Å². The van der Waals surface area contributed by atoms with Crippen molar-refractivity contribution in [2.45, 2.75) is 25.7 Å². The molecular formula is C15H22ClNO3S. The van der Waals surface area contributed by atoms with Gasteiger partial charge in [0.15, 0.2) is 0 Å². The highest BCUT2D eigenvalue weighted by Crippen LogP contribution is 2.31. The Bertz CT molecular complexity index is 568. The van der Waals surface area contributed by atoms with Gasteiger partial charge in [-0.3, -0.25) is 0 Å². The maximum absolute atomic E-state index is 11.0. The molecule has 1 saturated heterocycles. The van der Waals surface area contributed by atoms with Crippen molar-refractivity contribution in [3.05, 3.63) is 23.2 Å². The first kappa shape index (κ1) is 16.4. The number of ether oxygens (including phenoxy) is 1. The predicted octanol–water partition coefficient (Wildman–Crippen LogP) is 3.14. The van der Waals surface area contributed by atoms with E-state index in [0.717, 1.165) is 18.8 Å². The maximum atomic E-state index is 11.0. The number of anilines is 1. The molecule has 118 valence electrons. The van der Waals surface area contributed by atoms with E-state index < -0.39 is 9.84 Å². The normalized spacial score (nSPS) is 16.0. The van der Waals surface area contributed by atoms with E-state index in [4.69, 9.17) is 16.3 Å². The van der Waals surface area contributed by atoms with Crippen LogP contribution in [0, 0.1) is 0 Å². The maximum Gasteiger partial charge on any atom is 0.147 e. The summed E-state index contributed by atoms with van der Waals surface area (Å²) < 4.78 is 27.6. The Morgan fingerprint density at radius 1 is 1.24 bits per heavy atom. The summed E-state index contributed by atoms with van der Waals surface area (Å²) >= 11 is 6.33. The smallest absolute Gasteiger partial charge is 0.147 e. The standard InChI is InChI=1S/C15H22ClNO3S/c1-21(18,19)11-5-10-20-13-6-7-15(14(16)12-13)17-8-3-2-4-9-17/h6-7,12H,2-5,8-11H2,1H3. The fourth-order valence-electron chi connectivity index (χ4n) is 2.48. The second kappa shape index (κ2) is 7.36. The Hall–Kier alpha value is -0.940. The van der Waals surface area contributed by atoms with Gasteiger partial charge in [0.25, 0.3) is 0 Å². The highest BCUT2D eigenvalue weighted by Gasteiger charge is 2.14. The minimum absolute atomic E-state index is 0.145. The van der Waals surface area contributed by atoms with Crippen molar-refractivity contribution in [1.29, 1.82) is 0 Å². The van der Waals surface area contributed by atoms with Gasteiger partial charge >= 0.3 is 0 Å². The molecule has 1 aliphatic rings. The number of halogens is 1. The lowest BCUT2D eigenvalue weighted by atomic mass is 10.1. The summed E-state index contributed by atoms with van der Waals surface area (Å²) in [7, 11) is -2.92. The Morgan fingerprint density at radius 3 is 2.57 bits per heavy atom. The van der Waals surface area contributed by atoms with E-state index in [1.54, 1.807) is 0 Å². The van der Waals surface area contributed by atoms with E-state index in [2.05, 4.69) is 4.90 Å². The summed E-state index contributed by atoms with van der Waals surface area (Å²) in [5.74, 6) is 0.835. The monoisotopic (exact) mass is 331 g/mol. The average molecular weight is 332 g/mol. The second-order valence-corrected chi connectivity index (χ2v) is 8.16. The van der Waals surface area contributed by atoms with Gasteiger partial charge < -0.3 is 9.64 Å². The molecule has 1 aromatic carbocycles. The summed E-state index contributed by atoms with van der Waals surface area (Å²) in [4.78, 5) is 2.30. The molecule has 0 saturated carbocycles. The topological polar surface area (TPSA) is 46.6 Å². The molecule has 1 fully saturated rings. The number of rotatable bonds is 6. The predicted molar refractivity (Wildman–Crippen MR) is 87.3 cm³/mol. The van der Waals surface area contributed by atoms with Crippen molar-refractivity contribution >= 4 is 27.1 Å². The summed E-state index contributed by atoms with van der Waals surface area (Å²) in [5.41, 5.74) is 1.06. The van der Waals surface area contributed by atoms with Crippen LogP contribution in [-0.2, 0) is 9.84 Å². The fraction of sp³-hybridized carbons (Fsp3) is 0.600. The van der Waals surface area contributed by atoms with Crippen LogP contribution in [0.2, 0.25) is 5.02 Å². The number of sulfone groups is 1. The van der Waals surface area contributed by atoms with Gasteiger partial charge in [-0.05, 0) is 37.8 Å². The lowest BCUT2D eigenvalue weighted by Gasteiger charge is -2.29. The highest BCUT2D eigenvalue weighted by molar-refractivity contribution is 7.90. The Morgan fingerprint density at radius 2 is 1.95 bits per heavy atom. The van der Waals surface area contributed by atoms with Crippen molar-refractivity contribution < 1.29 is 13.2 Å². The molecule has 0 amide bonds. The minimum Gasteiger partial charge on any atom is -0.494 e. The zero-order valence-corrected chi connectivity index (χ0v) is 13.9. The third-order valence-corrected chi connectivity index (χ3v) is 4.88. The largest absolute Gasteiger partial charge is 0.494 e. The summed E-state index contributed by atoms with van der Waals surface area (Å²) in [6.45, 7) is 2.48. The van der Waals surface area contributed by atoms with Crippen LogP contribution in [0.15, 0.2) is 18.2 Å². The van der Waals surface area contributed by atoms with Gasteiger partial charge in [0.05, 0.1) is 23.1 Å². The van der Waals surface area contributed by atoms with Crippen molar-refractivity contribution in [3.8, 4) is 5.75 Å². The van der Waals surface area contributed by atoms with Crippen molar-refractivity contribution in [1.82, 2.24) is 0 Å². The SMILES string of the molecule is CS(=O)(=O)CCCOc1ccc(N2CCCCC2)c(Cl)c1. The van der Waals surface area contributed by atoms with E-state index in [0.29, 0.717) is 23.8 Å². The number of hydrogen-bond donors (Lipinski definition) is 0. The van der Waals surface area contributed by atoms with Crippen LogP contribution in [0.4, 0.5) is 5.69 Å². The first-order valence-corrected chi connectivity index (χ1v) is 9.74. The van der Waals surface area contributed by atoms with Crippen LogP contribution >= 0.6 is 11.6 Å². The molecule has 21 heavy (non-hydrogen) atoms. The van der Waals surface area contributed by atoms with Crippen molar-refractivity contribution in [3.63, 3.8) is 0 Å².